The van der Waals surface area contributed by atoms with Gasteiger partial charge in [-0.25, -0.2) is 0 Å². The summed E-state index contributed by atoms with van der Waals surface area (Å²) in [5.74, 6) is 5.28. The average Bonchev–Trinajstić information content (AvgIpc) is 2.06. The van der Waals surface area contributed by atoms with Gasteiger partial charge in [0.2, 0.25) is 0 Å². The van der Waals surface area contributed by atoms with E-state index in [1.165, 1.54) is 0 Å². The molecule has 0 aliphatic heterocycles. The third-order valence-electron chi connectivity index (χ3n) is 1.02. The maximum atomic E-state index is 8.89. The molecule has 0 saturated carbocycles. The third kappa shape index (κ3) is 2.90. The van der Waals surface area contributed by atoms with E-state index in [9.17, 15) is 0 Å². The normalized spacial score (nSPS) is 12.5. The van der Waals surface area contributed by atoms with Gasteiger partial charge >= 0.3 is 69.3 Å². The van der Waals surface area contributed by atoms with Crippen LogP contribution in [0.2, 0.25) is 0 Å². The summed E-state index contributed by atoms with van der Waals surface area (Å²) in [5, 5.41) is 0. The molecule has 0 heterocycles. The Morgan fingerprint density at radius 2 is 1.91 bits per heavy atom. The average molecular weight is 217 g/mol. The molecule has 0 amide bonds. The molecule has 0 aromatic heterocycles. The fourth-order valence-corrected chi connectivity index (χ4v) is 1.32. The van der Waals surface area contributed by atoms with Crippen LogP contribution in [0.3, 0.4) is 0 Å². The van der Waals surface area contributed by atoms with Crippen molar-refractivity contribution < 1.29 is 11.6 Å². The number of rotatable bonds is 3. The minimum absolute atomic E-state index is 0.570. The van der Waals surface area contributed by atoms with Crippen LogP contribution in [-0.4, -0.2) is 19.8 Å². The van der Waals surface area contributed by atoms with Gasteiger partial charge in [0.25, 0.3) is 0 Å². The zero-order valence-electron chi connectivity index (χ0n) is 5.68. The van der Waals surface area contributed by atoms with Crippen molar-refractivity contribution in [1.82, 2.24) is 0 Å². The summed E-state index contributed by atoms with van der Waals surface area (Å²) in [4.78, 5) is 0. The molecule has 1 atom stereocenters. The zero-order chi connectivity index (χ0) is 8.10. The van der Waals surface area contributed by atoms with Gasteiger partial charge in [-0.3, -0.25) is 0 Å². The van der Waals surface area contributed by atoms with E-state index in [-0.39, 0.29) is 0 Å². The van der Waals surface area contributed by atoms with E-state index in [2.05, 4.69) is 3.83 Å². The molecule has 3 N–H and O–H groups in total. The van der Waals surface area contributed by atoms with Crippen molar-refractivity contribution in [3.63, 3.8) is 0 Å². The van der Waals surface area contributed by atoms with Crippen LogP contribution in [0.15, 0.2) is 30.3 Å². The third-order valence-corrected chi connectivity index (χ3v) is 2.17. The molecule has 0 aliphatic rings. The first kappa shape index (κ1) is 8.55. The Labute approximate surface area is 69.8 Å². The van der Waals surface area contributed by atoms with Gasteiger partial charge in [-0.1, -0.05) is 0 Å². The van der Waals surface area contributed by atoms with E-state index in [1.54, 1.807) is 24.3 Å². The summed E-state index contributed by atoms with van der Waals surface area (Å²) in [7, 11) is 0. The molecule has 4 nitrogen and oxygen atoms in total. The maximum absolute atomic E-state index is 8.89. The summed E-state index contributed by atoms with van der Waals surface area (Å²) >= 11 is -2.69. The number of para-hydroxylation sites is 1. The Morgan fingerprint density at radius 1 is 1.27 bits per heavy atom. The number of benzene rings is 1. The summed E-state index contributed by atoms with van der Waals surface area (Å²) in [6, 6.07) is 8.89. The van der Waals surface area contributed by atoms with E-state index < -0.39 is 15.7 Å². The van der Waals surface area contributed by atoms with Crippen molar-refractivity contribution in [1.29, 1.82) is 0 Å². The molecule has 1 unspecified atom stereocenters. The fraction of sp³-hybridized carbons (Fsp3) is 0. The summed E-state index contributed by atoms with van der Waals surface area (Å²) in [6.07, 6.45) is 0. The first-order chi connectivity index (χ1) is 5.33. The van der Waals surface area contributed by atoms with Gasteiger partial charge in [-0.15, -0.1) is 0 Å². The second kappa shape index (κ2) is 4.36. The van der Waals surface area contributed by atoms with Gasteiger partial charge in [0.1, 0.15) is 0 Å². The first-order valence-corrected chi connectivity index (χ1v) is 5.29. The van der Waals surface area contributed by atoms with Crippen LogP contribution in [0.1, 0.15) is 0 Å². The Bertz CT molecular complexity index is 206. The molecule has 0 spiro atoms. The monoisotopic (exact) mass is 217 g/mol. The molecule has 5 heteroatoms. The second-order valence-electron chi connectivity index (χ2n) is 1.75. The topological polar surface area (TPSA) is 64.7 Å². The molecule has 1 aromatic carbocycles. The van der Waals surface area contributed by atoms with E-state index in [1.807, 2.05) is 6.07 Å². The Morgan fingerprint density at radius 3 is 2.45 bits per heavy atom. The molecule has 11 heavy (non-hydrogen) atoms. The van der Waals surface area contributed by atoms with Crippen LogP contribution < -0.4 is 9.62 Å². The molecule has 0 aliphatic carbocycles. The number of nitrogens with two attached hydrogens (primary N) is 1. The van der Waals surface area contributed by atoms with E-state index >= 15 is 0 Å². The van der Waals surface area contributed by atoms with Crippen LogP contribution in [0, 0.1) is 0 Å². The summed E-state index contributed by atoms with van der Waals surface area (Å²) in [5.41, 5.74) is 0. The molecule has 0 bridgehead atoms. The molecule has 0 radical (unpaired) electrons. The van der Waals surface area contributed by atoms with Crippen LogP contribution in [0.4, 0.5) is 0 Å². The van der Waals surface area contributed by atoms with Crippen LogP contribution in [-0.2, 0) is 3.83 Å². The molecule has 60 valence electrons. The summed E-state index contributed by atoms with van der Waals surface area (Å²) in [6.45, 7) is 0. The molecule has 0 fully saturated rings. The van der Waals surface area contributed by atoms with Gasteiger partial charge in [0.05, 0.1) is 0 Å². The van der Waals surface area contributed by atoms with Crippen molar-refractivity contribution >= 4 is 15.7 Å². The van der Waals surface area contributed by atoms with Crippen molar-refractivity contribution in [2.75, 3.05) is 0 Å². The van der Waals surface area contributed by atoms with Crippen LogP contribution >= 0.6 is 0 Å². The van der Waals surface area contributed by atoms with Gasteiger partial charge in [0.15, 0.2) is 0 Å². The standard InChI is InChI=1S/C6H8AsNO3/c8-11-7(9)10-6-4-2-1-3-5-6/h1-5,9H,8H2. The van der Waals surface area contributed by atoms with Crippen LogP contribution in [0.5, 0.6) is 5.75 Å². The molecule has 1 rings (SSSR count). The van der Waals surface area contributed by atoms with E-state index in [4.69, 9.17) is 13.7 Å². The van der Waals surface area contributed by atoms with Crippen LogP contribution in [0.25, 0.3) is 0 Å². The molecular weight excluding hydrogens is 209 g/mol. The Balaban J connectivity index is 2.51. The second-order valence-corrected chi connectivity index (χ2v) is 3.57. The van der Waals surface area contributed by atoms with Gasteiger partial charge in [-0.2, -0.15) is 0 Å². The Hall–Kier alpha value is -0.542. The number of hydrogen-bond acceptors (Lipinski definition) is 4. The van der Waals surface area contributed by atoms with Gasteiger partial charge in [-0.05, 0) is 0 Å². The number of hydrogen-bond donors (Lipinski definition) is 2. The van der Waals surface area contributed by atoms with Crippen molar-refractivity contribution in [3.8, 4) is 5.75 Å². The van der Waals surface area contributed by atoms with Gasteiger partial charge in [0, 0.05) is 0 Å². The van der Waals surface area contributed by atoms with E-state index in [0.29, 0.717) is 5.75 Å². The molecular formula is C6H8AsNO3. The van der Waals surface area contributed by atoms with E-state index in [0.717, 1.165) is 0 Å². The zero-order valence-corrected chi connectivity index (χ0v) is 7.55. The predicted octanol–water partition coefficient (Wildman–Crippen LogP) is -0.0671. The van der Waals surface area contributed by atoms with Crippen molar-refractivity contribution in [3.05, 3.63) is 30.3 Å². The first-order valence-electron chi connectivity index (χ1n) is 2.92. The predicted molar refractivity (Wildman–Crippen MR) is 40.3 cm³/mol. The summed E-state index contributed by atoms with van der Waals surface area (Å²) < 4.78 is 17.9. The quantitative estimate of drug-likeness (QED) is 0.549. The SMILES string of the molecule is NO[As](O)Oc1ccccc1. The molecule has 1 aromatic rings. The van der Waals surface area contributed by atoms with Crippen molar-refractivity contribution in [2.24, 2.45) is 5.90 Å². The van der Waals surface area contributed by atoms with Gasteiger partial charge < -0.3 is 0 Å². The fourth-order valence-electron chi connectivity index (χ4n) is 0.593. The molecule has 0 saturated heterocycles. The van der Waals surface area contributed by atoms with Crippen molar-refractivity contribution in [2.45, 2.75) is 0 Å². The minimum atomic E-state index is -2.69. The Kier molecular flexibility index (Phi) is 3.39.